The van der Waals surface area contributed by atoms with E-state index in [2.05, 4.69) is 26.0 Å². The van der Waals surface area contributed by atoms with Crippen molar-refractivity contribution in [1.82, 2.24) is 15.3 Å². The second kappa shape index (κ2) is 7.06. The van der Waals surface area contributed by atoms with E-state index in [1.165, 1.54) is 0 Å². The molecule has 5 N–H and O–H groups in total. The molecule has 0 aliphatic heterocycles. The van der Waals surface area contributed by atoms with Crippen molar-refractivity contribution in [2.45, 2.75) is 13.3 Å². The Morgan fingerprint density at radius 1 is 1.58 bits per heavy atom. The first-order valence-electron chi connectivity index (χ1n) is 5.57. The standard InChI is InChI=1S/C9H15N7O3/c1-2-3-11-7(17)5-12-8-6(16(18)19)4-13-9(14-8)15-10/h4H,2-3,5,10H2,1H3,(H,11,17)(H2,12,13,14,15). The number of nitro groups is 1. The lowest BCUT2D eigenvalue weighted by atomic mass is 10.4. The molecule has 0 radical (unpaired) electrons. The Morgan fingerprint density at radius 2 is 2.32 bits per heavy atom. The van der Waals surface area contributed by atoms with Gasteiger partial charge in [0.1, 0.15) is 6.20 Å². The van der Waals surface area contributed by atoms with Crippen LogP contribution in [0.15, 0.2) is 6.20 Å². The second-order valence-corrected chi connectivity index (χ2v) is 3.53. The zero-order chi connectivity index (χ0) is 14.3. The van der Waals surface area contributed by atoms with Crippen molar-refractivity contribution in [3.8, 4) is 0 Å². The highest BCUT2D eigenvalue weighted by Gasteiger charge is 2.17. The topological polar surface area (TPSA) is 148 Å². The highest BCUT2D eigenvalue weighted by atomic mass is 16.6. The summed E-state index contributed by atoms with van der Waals surface area (Å²) in [5, 5.41) is 16.0. The fraction of sp³-hybridized carbons (Fsp3) is 0.444. The lowest BCUT2D eigenvalue weighted by Gasteiger charge is -2.07. The van der Waals surface area contributed by atoms with Crippen molar-refractivity contribution in [1.29, 1.82) is 0 Å². The highest BCUT2D eigenvalue weighted by molar-refractivity contribution is 5.81. The van der Waals surface area contributed by atoms with Gasteiger partial charge in [0, 0.05) is 6.54 Å². The van der Waals surface area contributed by atoms with Crippen LogP contribution in [0.1, 0.15) is 13.3 Å². The third-order valence-corrected chi connectivity index (χ3v) is 2.08. The Morgan fingerprint density at radius 3 is 2.89 bits per heavy atom. The number of nitrogens with one attached hydrogen (secondary N) is 3. The third kappa shape index (κ3) is 4.35. The van der Waals surface area contributed by atoms with Crippen LogP contribution in [0.2, 0.25) is 0 Å². The van der Waals surface area contributed by atoms with Crippen LogP contribution in [0.25, 0.3) is 0 Å². The van der Waals surface area contributed by atoms with Crippen molar-refractivity contribution < 1.29 is 9.72 Å². The van der Waals surface area contributed by atoms with Gasteiger partial charge in [-0.15, -0.1) is 0 Å². The molecule has 0 aromatic carbocycles. The molecule has 10 heteroatoms. The highest BCUT2D eigenvalue weighted by Crippen LogP contribution is 2.21. The minimum Gasteiger partial charge on any atom is -0.355 e. The molecule has 1 heterocycles. The smallest absolute Gasteiger partial charge is 0.329 e. The van der Waals surface area contributed by atoms with Crippen molar-refractivity contribution >= 4 is 23.4 Å². The summed E-state index contributed by atoms with van der Waals surface area (Å²) < 4.78 is 0. The molecule has 19 heavy (non-hydrogen) atoms. The predicted octanol–water partition coefficient (Wildman–Crippen LogP) is -0.391. The van der Waals surface area contributed by atoms with Gasteiger partial charge in [-0.1, -0.05) is 6.92 Å². The minimum absolute atomic E-state index is 0.0158. The molecule has 0 bridgehead atoms. The molecular weight excluding hydrogens is 254 g/mol. The molecule has 1 aromatic rings. The van der Waals surface area contributed by atoms with Gasteiger partial charge in [-0.3, -0.25) is 20.3 Å². The quantitative estimate of drug-likeness (QED) is 0.297. The number of hydrogen-bond acceptors (Lipinski definition) is 8. The number of carbonyl (C=O) groups excluding carboxylic acids is 1. The molecule has 1 aromatic heterocycles. The molecule has 0 aliphatic carbocycles. The van der Waals surface area contributed by atoms with E-state index >= 15 is 0 Å². The van der Waals surface area contributed by atoms with E-state index in [4.69, 9.17) is 5.84 Å². The van der Waals surface area contributed by atoms with Crippen LogP contribution < -0.4 is 21.9 Å². The molecule has 0 fully saturated rings. The molecule has 1 rings (SSSR count). The zero-order valence-electron chi connectivity index (χ0n) is 10.3. The van der Waals surface area contributed by atoms with Crippen molar-refractivity contribution in [3.05, 3.63) is 16.3 Å². The van der Waals surface area contributed by atoms with Gasteiger partial charge in [0.15, 0.2) is 0 Å². The van der Waals surface area contributed by atoms with Gasteiger partial charge in [0.25, 0.3) is 0 Å². The molecule has 0 unspecified atom stereocenters. The third-order valence-electron chi connectivity index (χ3n) is 2.08. The molecule has 0 saturated heterocycles. The fourth-order valence-corrected chi connectivity index (χ4v) is 1.20. The maximum absolute atomic E-state index is 11.4. The van der Waals surface area contributed by atoms with E-state index < -0.39 is 4.92 Å². The van der Waals surface area contributed by atoms with Gasteiger partial charge < -0.3 is 10.6 Å². The van der Waals surface area contributed by atoms with Gasteiger partial charge in [-0.05, 0) is 6.42 Å². The van der Waals surface area contributed by atoms with Crippen molar-refractivity contribution in [2.75, 3.05) is 23.8 Å². The van der Waals surface area contributed by atoms with Gasteiger partial charge in [-0.2, -0.15) is 4.98 Å². The summed E-state index contributed by atoms with van der Waals surface area (Å²) in [4.78, 5) is 28.9. The molecule has 0 aliphatic rings. The first kappa shape index (κ1) is 14.6. The van der Waals surface area contributed by atoms with Gasteiger partial charge in [0.2, 0.25) is 17.7 Å². The van der Waals surface area contributed by atoms with Crippen LogP contribution in [-0.4, -0.2) is 33.9 Å². The van der Waals surface area contributed by atoms with E-state index in [1.807, 2.05) is 6.92 Å². The SMILES string of the molecule is CCCNC(=O)CNc1nc(NN)ncc1[N+](=O)[O-]. The number of carbonyl (C=O) groups is 1. The summed E-state index contributed by atoms with van der Waals surface area (Å²) in [5.41, 5.74) is 1.84. The number of rotatable bonds is 7. The van der Waals surface area contributed by atoms with Crippen LogP contribution in [0.5, 0.6) is 0 Å². The van der Waals surface area contributed by atoms with Crippen LogP contribution >= 0.6 is 0 Å². The number of nitrogens with zero attached hydrogens (tertiary/aromatic N) is 3. The second-order valence-electron chi connectivity index (χ2n) is 3.53. The van der Waals surface area contributed by atoms with Crippen molar-refractivity contribution in [2.24, 2.45) is 5.84 Å². The Kier molecular flexibility index (Phi) is 5.41. The molecule has 0 atom stereocenters. The van der Waals surface area contributed by atoms with Crippen LogP contribution in [0.4, 0.5) is 17.5 Å². The van der Waals surface area contributed by atoms with Crippen LogP contribution in [-0.2, 0) is 4.79 Å². The summed E-state index contributed by atoms with van der Waals surface area (Å²) >= 11 is 0. The van der Waals surface area contributed by atoms with Crippen LogP contribution in [0, 0.1) is 10.1 Å². The van der Waals surface area contributed by atoms with Crippen LogP contribution in [0.3, 0.4) is 0 Å². The Bertz CT molecular complexity index is 465. The van der Waals surface area contributed by atoms with Gasteiger partial charge in [-0.25, -0.2) is 10.8 Å². The van der Waals surface area contributed by atoms with E-state index in [9.17, 15) is 14.9 Å². The molecular formula is C9H15N7O3. The molecule has 0 saturated carbocycles. The Labute approximate surface area is 108 Å². The average molecular weight is 269 g/mol. The lowest BCUT2D eigenvalue weighted by Crippen LogP contribution is -2.30. The summed E-state index contributed by atoms with van der Waals surface area (Å²) in [5.74, 6) is 4.78. The number of anilines is 2. The first-order chi connectivity index (χ1) is 9.08. The maximum atomic E-state index is 11.4. The lowest BCUT2D eigenvalue weighted by molar-refractivity contribution is -0.384. The summed E-state index contributed by atoms with van der Waals surface area (Å²) in [6.07, 6.45) is 1.81. The number of aromatic nitrogens is 2. The maximum Gasteiger partial charge on any atom is 0.329 e. The zero-order valence-corrected chi connectivity index (χ0v) is 10.3. The monoisotopic (exact) mass is 269 g/mol. The Balaban J connectivity index is 2.74. The van der Waals surface area contributed by atoms with E-state index in [0.717, 1.165) is 12.6 Å². The molecule has 0 spiro atoms. The van der Waals surface area contributed by atoms with E-state index in [1.54, 1.807) is 0 Å². The number of hydrazine groups is 1. The fourth-order valence-electron chi connectivity index (χ4n) is 1.20. The number of nitrogens with two attached hydrogens (primary N) is 1. The predicted molar refractivity (Wildman–Crippen MR) is 68.3 cm³/mol. The molecule has 1 amide bonds. The number of amides is 1. The van der Waals surface area contributed by atoms with Gasteiger partial charge in [0.05, 0.1) is 11.5 Å². The van der Waals surface area contributed by atoms with E-state index in [0.29, 0.717) is 6.54 Å². The summed E-state index contributed by atoms with van der Waals surface area (Å²) in [6.45, 7) is 2.34. The average Bonchev–Trinajstić information content (AvgIpc) is 2.42. The summed E-state index contributed by atoms with van der Waals surface area (Å²) in [7, 11) is 0. The number of nitrogen functional groups attached to an aromatic ring is 1. The minimum atomic E-state index is -0.646. The summed E-state index contributed by atoms with van der Waals surface area (Å²) in [6, 6.07) is 0. The normalized spacial score (nSPS) is 9.79. The largest absolute Gasteiger partial charge is 0.355 e. The Hall–Kier alpha value is -2.49. The molecule has 104 valence electrons. The molecule has 10 nitrogen and oxygen atoms in total. The first-order valence-corrected chi connectivity index (χ1v) is 5.57. The van der Waals surface area contributed by atoms with Crippen molar-refractivity contribution in [3.63, 3.8) is 0 Å². The van der Waals surface area contributed by atoms with Gasteiger partial charge >= 0.3 is 5.69 Å². The number of hydrogen-bond donors (Lipinski definition) is 4. The van der Waals surface area contributed by atoms with E-state index in [-0.39, 0.29) is 29.9 Å².